The van der Waals surface area contributed by atoms with Crippen LogP contribution in [0.4, 0.5) is 0 Å². The Balaban J connectivity index is 2.27. The van der Waals surface area contributed by atoms with Crippen molar-refractivity contribution in [1.82, 2.24) is 10.2 Å². The van der Waals surface area contributed by atoms with Crippen LogP contribution in [0.15, 0.2) is 48.7 Å². The first-order chi connectivity index (χ1) is 8.38. The first kappa shape index (κ1) is 9.61. The van der Waals surface area contributed by atoms with E-state index in [4.69, 9.17) is 5.26 Å². The Hall–Kier alpha value is -2.60. The first-order valence-corrected chi connectivity index (χ1v) is 5.31. The average molecular weight is 219 g/mol. The van der Waals surface area contributed by atoms with Crippen molar-refractivity contribution in [2.45, 2.75) is 0 Å². The fraction of sp³-hybridized carbons (Fsp3) is 0. The van der Waals surface area contributed by atoms with E-state index in [-0.39, 0.29) is 0 Å². The van der Waals surface area contributed by atoms with Crippen molar-refractivity contribution in [3.63, 3.8) is 0 Å². The third-order valence-corrected chi connectivity index (χ3v) is 2.79. The largest absolute Gasteiger partial charge is 0.278 e. The summed E-state index contributed by atoms with van der Waals surface area (Å²) < 4.78 is 0. The van der Waals surface area contributed by atoms with Gasteiger partial charge in [-0.1, -0.05) is 24.3 Å². The van der Waals surface area contributed by atoms with Crippen molar-refractivity contribution in [3.05, 3.63) is 54.2 Å². The summed E-state index contributed by atoms with van der Waals surface area (Å²) in [5, 5.41) is 17.0. The van der Waals surface area contributed by atoms with Gasteiger partial charge in [-0.15, -0.1) is 0 Å². The normalized spacial score (nSPS) is 10.3. The molecular weight excluding hydrogens is 210 g/mol. The number of rotatable bonds is 1. The van der Waals surface area contributed by atoms with Crippen molar-refractivity contribution in [2.75, 3.05) is 0 Å². The van der Waals surface area contributed by atoms with E-state index in [1.807, 2.05) is 42.6 Å². The summed E-state index contributed by atoms with van der Waals surface area (Å²) in [6.07, 6.45) is 1.81. The minimum atomic E-state index is 0.669. The molecule has 17 heavy (non-hydrogen) atoms. The van der Waals surface area contributed by atoms with Crippen LogP contribution in [-0.2, 0) is 0 Å². The summed E-state index contributed by atoms with van der Waals surface area (Å²) in [6.45, 7) is 0. The second-order valence-electron chi connectivity index (χ2n) is 3.83. The number of aromatic amines is 1. The number of nitrogens with one attached hydrogen (secondary N) is 1. The highest BCUT2D eigenvalue weighted by molar-refractivity contribution is 5.94. The Labute approximate surface area is 98.3 Å². The zero-order valence-electron chi connectivity index (χ0n) is 9.01. The number of fused-ring (bicyclic) bond motifs is 1. The number of H-pyrrole nitrogens is 1. The highest BCUT2D eigenvalue weighted by atomic mass is 15.1. The van der Waals surface area contributed by atoms with Crippen molar-refractivity contribution in [1.29, 1.82) is 5.26 Å². The van der Waals surface area contributed by atoms with Crippen molar-refractivity contribution < 1.29 is 0 Å². The average Bonchev–Trinajstić information content (AvgIpc) is 2.87. The van der Waals surface area contributed by atoms with Crippen molar-refractivity contribution in [3.8, 4) is 17.2 Å². The van der Waals surface area contributed by atoms with E-state index in [2.05, 4.69) is 16.3 Å². The van der Waals surface area contributed by atoms with E-state index in [1.54, 1.807) is 6.07 Å². The van der Waals surface area contributed by atoms with Gasteiger partial charge in [-0.2, -0.15) is 10.4 Å². The van der Waals surface area contributed by atoms with Crippen LogP contribution in [0.1, 0.15) is 5.56 Å². The standard InChI is InChI=1S/C14H9N3/c15-8-10-3-1-4-11(7-10)12-5-2-6-14-13(12)9-16-17-14/h1-7,9H,(H,16,17). The van der Waals surface area contributed by atoms with E-state index in [9.17, 15) is 0 Å². The molecule has 0 atom stereocenters. The van der Waals surface area contributed by atoms with Gasteiger partial charge in [-0.05, 0) is 29.3 Å². The summed E-state index contributed by atoms with van der Waals surface area (Å²) in [4.78, 5) is 0. The molecule has 0 radical (unpaired) electrons. The Kier molecular flexibility index (Phi) is 2.13. The predicted molar refractivity (Wildman–Crippen MR) is 66.2 cm³/mol. The van der Waals surface area contributed by atoms with Gasteiger partial charge < -0.3 is 0 Å². The van der Waals surface area contributed by atoms with Gasteiger partial charge in [0.2, 0.25) is 0 Å². The molecule has 2 aromatic carbocycles. The SMILES string of the molecule is N#Cc1cccc(-c2cccc3[nH]ncc23)c1. The number of nitrogens with zero attached hydrogens (tertiary/aromatic N) is 2. The highest BCUT2D eigenvalue weighted by Gasteiger charge is 2.05. The Morgan fingerprint density at radius 2 is 2.00 bits per heavy atom. The smallest absolute Gasteiger partial charge is 0.0991 e. The molecule has 3 aromatic rings. The zero-order chi connectivity index (χ0) is 11.7. The minimum Gasteiger partial charge on any atom is -0.278 e. The molecule has 0 aliphatic carbocycles. The molecule has 0 fully saturated rings. The molecule has 0 aliphatic heterocycles. The lowest BCUT2D eigenvalue weighted by Gasteiger charge is -2.03. The van der Waals surface area contributed by atoms with Crippen LogP contribution < -0.4 is 0 Å². The summed E-state index contributed by atoms with van der Waals surface area (Å²) >= 11 is 0. The van der Waals surface area contributed by atoms with Gasteiger partial charge in [0.05, 0.1) is 23.3 Å². The lowest BCUT2D eigenvalue weighted by molar-refractivity contribution is 1.12. The Morgan fingerprint density at radius 1 is 1.12 bits per heavy atom. The van der Waals surface area contributed by atoms with Crippen LogP contribution in [-0.4, -0.2) is 10.2 Å². The quantitative estimate of drug-likeness (QED) is 0.683. The molecule has 80 valence electrons. The van der Waals surface area contributed by atoms with E-state index in [0.717, 1.165) is 22.0 Å². The topological polar surface area (TPSA) is 52.5 Å². The monoisotopic (exact) mass is 219 g/mol. The fourth-order valence-corrected chi connectivity index (χ4v) is 1.98. The molecule has 0 bridgehead atoms. The van der Waals surface area contributed by atoms with Gasteiger partial charge in [0.25, 0.3) is 0 Å². The van der Waals surface area contributed by atoms with E-state index in [1.165, 1.54) is 0 Å². The molecule has 3 rings (SSSR count). The van der Waals surface area contributed by atoms with Crippen LogP contribution in [0.2, 0.25) is 0 Å². The van der Waals surface area contributed by atoms with Crippen LogP contribution in [0, 0.1) is 11.3 Å². The molecule has 1 aromatic heterocycles. The molecule has 0 saturated carbocycles. The maximum atomic E-state index is 8.91. The summed E-state index contributed by atoms with van der Waals surface area (Å²) in [7, 11) is 0. The summed E-state index contributed by atoms with van der Waals surface area (Å²) in [5.41, 5.74) is 3.80. The van der Waals surface area contributed by atoms with E-state index < -0.39 is 0 Å². The first-order valence-electron chi connectivity index (χ1n) is 5.31. The third-order valence-electron chi connectivity index (χ3n) is 2.79. The van der Waals surface area contributed by atoms with Crippen LogP contribution in [0.3, 0.4) is 0 Å². The van der Waals surface area contributed by atoms with Gasteiger partial charge >= 0.3 is 0 Å². The van der Waals surface area contributed by atoms with Crippen molar-refractivity contribution in [2.24, 2.45) is 0 Å². The molecule has 0 aliphatic rings. The van der Waals surface area contributed by atoms with Gasteiger partial charge in [0.15, 0.2) is 0 Å². The van der Waals surface area contributed by atoms with Crippen LogP contribution in [0.5, 0.6) is 0 Å². The molecule has 0 saturated heterocycles. The molecule has 0 spiro atoms. The van der Waals surface area contributed by atoms with E-state index >= 15 is 0 Å². The molecule has 0 unspecified atom stereocenters. The summed E-state index contributed by atoms with van der Waals surface area (Å²) in [6, 6.07) is 15.8. The minimum absolute atomic E-state index is 0.669. The van der Waals surface area contributed by atoms with E-state index in [0.29, 0.717) is 5.56 Å². The van der Waals surface area contributed by atoms with Gasteiger partial charge in [-0.3, -0.25) is 5.10 Å². The van der Waals surface area contributed by atoms with Gasteiger partial charge in [0, 0.05) is 5.39 Å². The number of hydrogen-bond donors (Lipinski definition) is 1. The van der Waals surface area contributed by atoms with Gasteiger partial charge in [-0.25, -0.2) is 0 Å². The number of hydrogen-bond acceptors (Lipinski definition) is 2. The summed E-state index contributed by atoms with van der Waals surface area (Å²) in [5.74, 6) is 0. The van der Waals surface area contributed by atoms with Crippen molar-refractivity contribution >= 4 is 10.9 Å². The molecule has 3 nitrogen and oxygen atoms in total. The molecule has 1 N–H and O–H groups in total. The third kappa shape index (κ3) is 1.56. The van der Waals surface area contributed by atoms with Crippen LogP contribution in [0.25, 0.3) is 22.0 Å². The lowest BCUT2D eigenvalue weighted by Crippen LogP contribution is -1.81. The second kappa shape index (κ2) is 3.76. The predicted octanol–water partition coefficient (Wildman–Crippen LogP) is 3.10. The fourth-order valence-electron chi connectivity index (χ4n) is 1.98. The number of benzene rings is 2. The molecule has 1 heterocycles. The Morgan fingerprint density at radius 3 is 2.88 bits per heavy atom. The lowest BCUT2D eigenvalue weighted by atomic mass is 10.0. The Bertz CT molecular complexity index is 719. The second-order valence-corrected chi connectivity index (χ2v) is 3.83. The maximum absolute atomic E-state index is 8.91. The molecule has 3 heteroatoms. The number of aromatic nitrogens is 2. The zero-order valence-corrected chi connectivity index (χ0v) is 9.01. The van der Waals surface area contributed by atoms with Crippen LogP contribution >= 0.6 is 0 Å². The maximum Gasteiger partial charge on any atom is 0.0991 e. The highest BCUT2D eigenvalue weighted by Crippen LogP contribution is 2.27. The molecule has 0 amide bonds. The molecular formula is C14H9N3. The number of nitriles is 1. The van der Waals surface area contributed by atoms with Gasteiger partial charge in [0.1, 0.15) is 0 Å².